The highest BCUT2D eigenvalue weighted by Crippen LogP contribution is 2.12. The number of alkyl halides is 1. The first-order chi connectivity index (χ1) is 10.2. The molecule has 0 spiro atoms. The van der Waals surface area contributed by atoms with Gasteiger partial charge in [-0.05, 0) is 0 Å². The monoisotopic (exact) mass is 398 g/mol. The van der Waals surface area contributed by atoms with Gasteiger partial charge in [0.25, 0.3) is 11.8 Å². The van der Waals surface area contributed by atoms with Crippen LogP contribution in [0.3, 0.4) is 0 Å². The molecule has 1 saturated heterocycles. The average molecular weight is 399 g/mol. The molecule has 0 unspecified atom stereocenters. The van der Waals surface area contributed by atoms with Crippen LogP contribution in [0.5, 0.6) is 0 Å². The fraction of sp³-hybridized carbons (Fsp3) is 0.636. The summed E-state index contributed by atoms with van der Waals surface area (Å²) in [4.78, 5) is 49.4. The Balaban J connectivity index is 2.34. The minimum Gasteiger partial charge on any atom is -0.354 e. The van der Waals surface area contributed by atoms with Gasteiger partial charge in [0, 0.05) is 19.4 Å². The third kappa shape index (κ3) is 6.10. The van der Waals surface area contributed by atoms with Gasteiger partial charge in [-0.2, -0.15) is 0 Å². The highest BCUT2D eigenvalue weighted by atomic mass is 79.9. The Morgan fingerprint density at radius 2 is 1.77 bits per heavy atom. The van der Waals surface area contributed by atoms with Crippen molar-refractivity contribution in [2.45, 2.75) is 19.3 Å². The van der Waals surface area contributed by atoms with Gasteiger partial charge in [-0.25, -0.2) is 13.2 Å². The van der Waals surface area contributed by atoms with E-state index in [4.69, 9.17) is 0 Å². The van der Waals surface area contributed by atoms with Crippen LogP contribution in [0.25, 0.3) is 0 Å². The Bertz CT molecular complexity index is 559. The largest absolute Gasteiger partial charge is 0.354 e. The van der Waals surface area contributed by atoms with Gasteiger partial charge in [-0.15, -0.1) is 5.06 Å². The summed E-state index contributed by atoms with van der Waals surface area (Å²) in [5, 5.41) is 2.80. The van der Waals surface area contributed by atoms with E-state index in [0.717, 1.165) is 0 Å². The van der Waals surface area contributed by atoms with E-state index in [1.165, 1.54) is 0 Å². The summed E-state index contributed by atoms with van der Waals surface area (Å²) < 4.78 is 23.3. The van der Waals surface area contributed by atoms with Crippen LogP contribution in [0.4, 0.5) is 0 Å². The van der Waals surface area contributed by atoms with Gasteiger partial charge in [0.05, 0.1) is 23.3 Å². The minimum atomic E-state index is -3.56. The number of hydrogen-bond acceptors (Lipinski definition) is 7. The molecule has 11 heteroatoms. The number of halogens is 1. The van der Waals surface area contributed by atoms with Crippen LogP contribution in [0.1, 0.15) is 19.3 Å². The number of amides is 3. The Labute approximate surface area is 135 Å². The number of imide groups is 1. The smallest absolute Gasteiger partial charge is 0.334 e. The maximum absolute atomic E-state index is 11.7. The quantitative estimate of drug-likeness (QED) is 0.406. The van der Waals surface area contributed by atoms with Crippen LogP contribution in [0.15, 0.2) is 0 Å². The fourth-order valence-electron chi connectivity index (χ4n) is 1.54. The molecule has 1 rings (SSSR count). The lowest BCUT2D eigenvalue weighted by Gasteiger charge is -2.12. The molecule has 1 N–H and O–H groups in total. The first kappa shape index (κ1) is 18.6. The number of carbonyl (C=O) groups is 4. The topological polar surface area (TPSA) is 127 Å². The number of sulfone groups is 1. The fourth-order valence-corrected chi connectivity index (χ4v) is 2.83. The summed E-state index contributed by atoms with van der Waals surface area (Å²) in [6.45, 7) is -0.0646. The van der Waals surface area contributed by atoms with Gasteiger partial charge < -0.3 is 10.2 Å². The van der Waals surface area contributed by atoms with E-state index in [9.17, 15) is 27.6 Å². The molecule has 0 saturated carbocycles. The summed E-state index contributed by atoms with van der Waals surface area (Å²) in [6, 6.07) is 0. The summed E-state index contributed by atoms with van der Waals surface area (Å²) >= 11 is 2.91. The van der Waals surface area contributed by atoms with Crippen molar-refractivity contribution in [2.75, 3.05) is 23.4 Å². The second kappa shape index (κ2) is 8.22. The van der Waals surface area contributed by atoms with Crippen molar-refractivity contribution < 1.29 is 32.4 Å². The second-order valence-electron chi connectivity index (χ2n) is 4.43. The van der Waals surface area contributed by atoms with Crippen LogP contribution >= 0.6 is 15.9 Å². The van der Waals surface area contributed by atoms with E-state index in [0.29, 0.717) is 5.06 Å². The second-order valence-corrected chi connectivity index (χ2v) is 7.29. The van der Waals surface area contributed by atoms with Crippen molar-refractivity contribution in [1.29, 1.82) is 0 Å². The van der Waals surface area contributed by atoms with Gasteiger partial charge >= 0.3 is 5.97 Å². The lowest BCUT2D eigenvalue weighted by atomic mass is 10.4. The van der Waals surface area contributed by atoms with Gasteiger partial charge in [-0.3, -0.25) is 14.4 Å². The molecule has 0 bridgehead atoms. The average Bonchev–Trinajstić information content (AvgIpc) is 2.76. The molecular weight excluding hydrogens is 384 g/mol. The lowest BCUT2D eigenvalue weighted by molar-refractivity contribution is -0.197. The molecule has 0 aliphatic carbocycles. The van der Waals surface area contributed by atoms with E-state index in [-0.39, 0.29) is 36.4 Å². The van der Waals surface area contributed by atoms with Crippen molar-refractivity contribution >= 4 is 49.5 Å². The zero-order valence-corrected chi connectivity index (χ0v) is 13.9. The maximum atomic E-state index is 11.7. The molecule has 1 aliphatic rings. The number of nitrogens with zero attached hydrogens (tertiary/aromatic N) is 1. The molecule has 124 valence electrons. The predicted molar refractivity (Wildman–Crippen MR) is 77.3 cm³/mol. The molecule has 1 fully saturated rings. The molecule has 1 heterocycles. The van der Waals surface area contributed by atoms with E-state index in [2.05, 4.69) is 26.1 Å². The van der Waals surface area contributed by atoms with Crippen molar-refractivity contribution in [3.05, 3.63) is 0 Å². The summed E-state index contributed by atoms with van der Waals surface area (Å²) in [7, 11) is -3.56. The molecule has 0 aromatic rings. The Hall–Kier alpha value is -1.49. The van der Waals surface area contributed by atoms with Gasteiger partial charge in [0.15, 0.2) is 9.84 Å². The third-order valence-corrected chi connectivity index (χ3v) is 4.83. The standard InChI is InChI=1S/C11H15BrN2O7S/c12-7-8(15)13-4-6-22(19,20)5-3-11(18)21-14-9(16)1-2-10(14)17/h1-7H2,(H,13,15). The summed E-state index contributed by atoms with van der Waals surface area (Å²) in [5.74, 6) is -3.39. The van der Waals surface area contributed by atoms with Crippen LogP contribution in [0, 0.1) is 0 Å². The molecule has 0 aromatic carbocycles. The molecule has 0 aromatic heterocycles. The Morgan fingerprint density at radius 3 is 2.32 bits per heavy atom. The maximum Gasteiger partial charge on any atom is 0.334 e. The van der Waals surface area contributed by atoms with E-state index in [1.54, 1.807) is 0 Å². The first-order valence-electron chi connectivity index (χ1n) is 6.35. The molecule has 22 heavy (non-hydrogen) atoms. The summed E-state index contributed by atoms with van der Waals surface area (Å²) in [5.41, 5.74) is 0. The first-order valence-corrected chi connectivity index (χ1v) is 9.29. The van der Waals surface area contributed by atoms with Crippen molar-refractivity contribution in [3.63, 3.8) is 0 Å². The zero-order chi connectivity index (χ0) is 16.8. The van der Waals surface area contributed by atoms with Crippen LogP contribution < -0.4 is 5.32 Å². The van der Waals surface area contributed by atoms with E-state index < -0.39 is 39.8 Å². The SMILES string of the molecule is O=C(CBr)NCCS(=O)(=O)CCC(=O)ON1C(=O)CCC1=O. The number of rotatable bonds is 8. The van der Waals surface area contributed by atoms with Crippen molar-refractivity contribution in [3.8, 4) is 0 Å². The molecule has 3 amide bonds. The predicted octanol–water partition coefficient (Wildman–Crippen LogP) is -1.09. The Morgan fingerprint density at radius 1 is 1.18 bits per heavy atom. The van der Waals surface area contributed by atoms with E-state index in [1.807, 2.05) is 0 Å². The van der Waals surface area contributed by atoms with Gasteiger partial charge in [0.2, 0.25) is 5.91 Å². The summed E-state index contributed by atoms with van der Waals surface area (Å²) in [6.07, 6.45) is -0.541. The molecule has 0 atom stereocenters. The zero-order valence-electron chi connectivity index (χ0n) is 11.5. The normalized spacial score (nSPS) is 15.0. The minimum absolute atomic E-state index is 0.0301. The molecule has 1 aliphatic heterocycles. The molecular formula is C11H15BrN2O7S. The molecule has 0 radical (unpaired) electrons. The number of nitrogens with one attached hydrogen (secondary N) is 1. The number of carbonyl (C=O) groups excluding carboxylic acids is 4. The van der Waals surface area contributed by atoms with Crippen LogP contribution in [-0.4, -0.2) is 60.6 Å². The number of hydroxylamine groups is 2. The molecule has 9 nitrogen and oxygen atoms in total. The van der Waals surface area contributed by atoms with Crippen molar-refractivity contribution in [2.24, 2.45) is 0 Å². The van der Waals surface area contributed by atoms with Crippen LogP contribution in [0.2, 0.25) is 0 Å². The Kier molecular flexibility index (Phi) is 6.94. The highest BCUT2D eigenvalue weighted by Gasteiger charge is 2.32. The van der Waals surface area contributed by atoms with Crippen molar-refractivity contribution in [1.82, 2.24) is 10.4 Å². The third-order valence-electron chi connectivity index (χ3n) is 2.67. The van der Waals surface area contributed by atoms with E-state index >= 15 is 0 Å². The van der Waals surface area contributed by atoms with Crippen LogP contribution in [-0.2, 0) is 33.9 Å². The van der Waals surface area contributed by atoms with Gasteiger partial charge in [0.1, 0.15) is 0 Å². The number of hydrogen-bond donors (Lipinski definition) is 1. The highest BCUT2D eigenvalue weighted by molar-refractivity contribution is 9.09. The van der Waals surface area contributed by atoms with Gasteiger partial charge in [-0.1, -0.05) is 15.9 Å². The lowest BCUT2D eigenvalue weighted by Crippen LogP contribution is -2.33.